The van der Waals surface area contributed by atoms with Crippen molar-refractivity contribution in [3.63, 3.8) is 0 Å². The minimum atomic E-state index is -0.237. The average molecular weight is 499 g/mol. The van der Waals surface area contributed by atoms with Gasteiger partial charge in [0.2, 0.25) is 4.96 Å². The predicted octanol–water partition coefficient (Wildman–Crippen LogP) is 4.63. The third kappa shape index (κ3) is 4.69. The van der Waals surface area contributed by atoms with E-state index in [0.717, 1.165) is 34.4 Å². The first-order chi connectivity index (χ1) is 17.6. The molecule has 36 heavy (non-hydrogen) atoms. The van der Waals surface area contributed by atoms with Gasteiger partial charge in [0.1, 0.15) is 23.5 Å². The summed E-state index contributed by atoms with van der Waals surface area (Å²) in [5, 5.41) is 14.9. The Kier molecular flexibility index (Phi) is 6.47. The fourth-order valence-corrected chi connectivity index (χ4v) is 4.75. The van der Waals surface area contributed by atoms with Gasteiger partial charge in [-0.1, -0.05) is 36.5 Å². The molecule has 9 nitrogen and oxygen atoms in total. The molecule has 3 aromatic heterocycles. The van der Waals surface area contributed by atoms with E-state index in [9.17, 15) is 10.1 Å². The second-order valence-corrected chi connectivity index (χ2v) is 9.04. The van der Waals surface area contributed by atoms with Crippen LogP contribution >= 0.6 is 11.3 Å². The van der Waals surface area contributed by atoms with Gasteiger partial charge in [-0.25, -0.2) is 9.97 Å². The summed E-state index contributed by atoms with van der Waals surface area (Å²) in [4.78, 5) is 25.2. The lowest BCUT2D eigenvalue weighted by Crippen LogP contribution is -2.16. The van der Waals surface area contributed by atoms with Crippen LogP contribution in [0.3, 0.4) is 0 Å². The lowest BCUT2D eigenvalue weighted by molar-refractivity contribution is 0.280. The van der Waals surface area contributed by atoms with Crippen LogP contribution in [0, 0.1) is 11.3 Å². The molecule has 5 aromatic rings. The van der Waals surface area contributed by atoms with Gasteiger partial charge in [0.15, 0.2) is 11.5 Å². The molecule has 0 aliphatic rings. The predicted molar refractivity (Wildman–Crippen MR) is 138 cm³/mol. The van der Waals surface area contributed by atoms with Crippen LogP contribution in [0.1, 0.15) is 35.4 Å². The molecule has 1 N–H and O–H groups in total. The molecule has 0 radical (unpaired) electrons. The number of rotatable bonds is 8. The highest BCUT2D eigenvalue weighted by Gasteiger charge is 2.12. The Morgan fingerprint density at radius 1 is 1.19 bits per heavy atom. The first-order valence-corrected chi connectivity index (χ1v) is 12.2. The molecule has 0 saturated carbocycles. The number of nitriles is 1. The maximum atomic E-state index is 12.4. The van der Waals surface area contributed by atoms with E-state index in [1.54, 1.807) is 25.3 Å². The number of nitrogens with one attached hydrogen (secondary N) is 1. The molecule has 0 aliphatic carbocycles. The number of nitrogens with zero attached hydrogens (tertiary/aromatic N) is 5. The van der Waals surface area contributed by atoms with Crippen molar-refractivity contribution in [2.24, 2.45) is 0 Å². The number of ether oxygens (including phenoxy) is 2. The average Bonchev–Trinajstić information content (AvgIpc) is 3.50. The van der Waals surface area contributed by atoms with Crippen molar-refractivity contribution >= 4 is 39.0 Å². The summed E-state index contributed by atoms with van der Waals surface area (Å²) >= 11 is 1.41. The van der Waals surface area contributed by atoms with Crippen LogP contribution in [0.25, 0.3) is 27.6 Å². The number of hydrogen-bond donors (Lipinski definition) is 1. The molecule has 3 heterocycles. The lowest BCUT2D eigenvalue weighted by atomic mass is 10.1. The fourth-order valence-electron chi connectivity index (χ4n) is 3.73. The molecule has 5 rings (SSSR count). The van der Waals surface area contributed by atoms with Crippen molar-refractivity contribution in [3.05, 3.63) is 81.0 Å². The maximum absolute atomic E-state index is 12.4. The van der Waals surface area contributed by atoms with E-state index in [0.29, 0.717) is 33.6 Å². The molecule has 180 valence electrons. The highest BCUT2D eigenvalue weighted by atomic mass is 32.1. The molecule has 0 amide bonds. The van der Waals surface area contributed by atoms with E-state index >= 15 is 0 Å². The summed E-state index contributed by atoms with van der Waals surface area (Å²) in [6, 6.07) is 16.6. The van der Waals surface area contributed by atoms with Crippen molar-refractivity contribution in [3.8, 4) is 17.6 Å². The Hall–Kier alpha value is -4.49. The molecule has 10 heteroatoms. The molecule has 0 unspecified atom stereocenters. The van der Waals surface area contributed by atoms with Crippen LogP contribution in [0.5, 0.6) is 11.5 Å². The van der Waals surface area contributed by atoms with Crippen molar-refractivity contribution in [2.75, 3.05) is 7.11 Å². The molecule has 0 saturated heterocycles. The number of aromatic nitrogens is 5. The number of allylic oxidation sites excluding steroid dienone is 1. The maximum Gasteiger partial charge on any atom is 0.275 e. The van der Waals surface area contributed by atoms with Crippen molar-refractivity contribution < 1.29 is 9.47 Å². The minimum absolute atomic E-state index is 0.0979. The second kappa shape index (κ2) is 10.0. The number of aryl methyl sites for hydroxylation is 1. The zero-order chi connectivity index (χ0) is 25.1. The SMILES string of the molecule is CCCc1nn2c(=O)cc(COc3ccc(/C=C(\C#N)c4nc5ccccc5[nH]4)cc3OC)nc2s1. The highest BCUT2D eigenvalue weighted by Crippen LogP contribution is 2.30. The minimum Gasteiger partial charge on any atom is -0.493 e. The zero-order valence-electron chi connectivity index (χ0n) is 19.7. The quantitative estimate of drug-likeness (QED) is 0.310. The number of fused-ring (bicyclic) bond motifs is 2. The van der Waals surface area contributed by atoms with Crippen LogP contribution in [-0.2, 0) is 13.0 Å². The highest BCUT2D eigenvalue weighted by molar-refractivity contribution is 7.16. The molecule has 0 bridgehead atoms. The first-order valence-electron chi connectivity index (χ1n) is 11.3. The van der Waals surface area contributed by atoms with Crippen molar-refractivity contribution in [1.82, 2.24) is 24.6 Å². The standard InChI is InChI=1S/C26H22N6O3S/c1-3-6-23-31-32-24(33)13-18(28-26(32)36-23)15-35-21-10-9-16(12-22(21)34-2)11-17(14-27)25-29-19-7-4-5-8-20(19)30-25/h4-5,7-13H,3,6,15H2,1-2H3,(H,29,30)/b17-11+. The van der Waals surface area contributed by atoms with Gasteiger partial charge in [-0.3, -0.25) is 4.79 Å². The van der Waals surface area contributed by atoms with E-state index in [4.69, 9.17) is 9.47 Å². The van der Waals surface area contributed by atoms with Gasteiger partial charge in [0, 0.05) is 12.5 Å². The summed E-state index contributed by atoms with van der Waals surface area (Å²) < 4.78 is 12.8. The summed E-state index contributed by atoms with van der Waals surface area (Å²) in [6.07, 6.45) is 3.49. The molecular weight excluding hydrogens is 476 g/mol. The van der Waals surface area contributed by atoms with E-state index in [-0.39, 0.29) is 12.2 Å². The summed E-state index contributed by atoms with van der Waals surface area (Å²) in [6.45, 7) is 2.16. The summed E-state index contributed by atoms with van der Waals surface area (Å²) in [5.41, 5.74) is 3.07. The molecule has 0 atom stereocenters. The number of benzene rings is 2. The number of H-pyrrole nitrogens is 1. The van der Waals surface area contributed by atoms with Crippen LogP contribution in [-0.4, -0.2) is 31.7 Å². The van der Waals surface area contributed by atoms with Crippen molar-refractivity contribution in [2.45, 2.75) is 26.4 Å². The first kappa shape index (κ1) is 23.3. The van der Waals surface area contributed by atoms with Crippen LogP contribution < -0.4 is 15.0 Å². The number of imidazole rings is 1. The Labute approximate surface area is 210 Å². The van der Waals surface area contributed by atoms with E-state index in [1.165, 1.54) is 21.9 Å². The Morgan fingerprint density at radius 3 is 2.83 bits per heavy atom. The molecule has 0 aliphatic heterocycles. The van der Waals surface area contributed by atoms with Gasteiger partial charge < -0.3 is 14.5 Å². The summed E-state index contributed by atoms with van der Waals surface area (Å²) in [7, 11) is 1.55. The normalized spacial score (nSPS) is 11.6. The third-order valence-corrected chi connectivity index (χ3v) is 6.41. The van der Waals surface area contributed by atoms with Gasteiger partial charge >= 0.3 is 0 Å². The van der Waals surface area contributed by atoms with E-state index in [1.807, 2.05) is 30.3 Å². The second-order valence-electron chi connectivity index (χ2n) is 8.00. The van der Waals surface area contributed by atoms with Crippen LogP contribution in [0.15, 0.2) is 53.3 Å². The number of methoxy groups -OCH3 is 1. The van der Waals surface area contributed by atoms with Crippen LogP contribution in [0.4, 0.5) is 0 Å². The number of para-hydroxylation sites is 2. The van der Waals surface area contributed by atoms with Gasteiger partial charge in [-0.2, -0.15) is 14.9 Å². The van der Waals surface area contributed by atoms with Gasteiger partial charge in [-0.05, 0) is 42.3 Å². The van der Waals surface area contributed by atoms with Crippen molar-refractivity contribution in [1.29, 1.82) is 5.26 Å². The third-order valence-electron chi connectivity index (χ3n) is 5.44. The topological polar surface area (TPSA) is 118 Å². The molecule has 0 fully saturated rings. The summed E-state index contributed by atoms with van der Waals surface area (Å²) in [5.74, 6) is 1.48. The molecular formula is C26H22N6O3S. The molecule has 0 spiro atoms. The monoisotopic (exact) mass is 498 g/mol. The van der Waals surface area contributed by atoms with Gasteiger partial charge in [0.05, 0.1) is 29.4 Å². The smallest absolute Gasteiger partial charge is 0.275 e. The zero-order valence-corrected chi connectivity index (χ0v) is 20.5. The van der Waals surface area contributed by atoms with Gasteiger partial charge in [0.25, 0.3) is 5.56 Å². The Bertz CT molecular complexity index is 1660. The van der Waals surface area contributed by atoms with E-state index < -0.39 is 0 Å². The fraction of sp³-hybridized carbons (Fsp3) is 0.192. The number of hydrogen-bond acceptors (Lipinski definition) is 8. The van der Waals surface area contributed by atoms with Gasteiger partial charge in [-0.15, -0.1) is 0 Å². The largest absolute Gasteiger partial charge is 0.493 e. The molecule has 2 aromatic carbocycles. The lowest BCUT2D eigenvalue weighted by Gasteiger charge is -2.11. The van der Waals surface area contributed by atoms with E-state index in [2.05, 4.69) is 33.0 Å². The number of aromatic amines is 1. The Morgan fingerprint density at radius 2 is 2.06 bits per heavy atom. The van der Waals surface area contributed by atoms with Crippen LogP contribution in [0.2, 0.25) is 0 Å². The Balaban J connectivity index is 1.37.